The van der Waals surface area contributed by atoms with Crippen LogP contribution in [0.4, 0.5) is 5.69 Å². The van der Waals surface area contributed by atoms with Crippen molar-refractivity contribution in [3.8, 4) is 5.75 Å². The Morgan fingerprint density at radius 1 is 1.00 bits per heavy atom. The van der Waals surface area contributed by atoms with Crippen molar-refractivity contribution in [3.63, 3.8) is 0 Å². The molecule has 2 rings (SSSR count). The number of nitrogens with zero attached hydrogens (tertiary/aromatic N) is 1. The smallest absolute Gasteiger partial charge is 0.115 e. The number of hydrazine groups is 1. The average Bonchev–Trinajstić information content (AvgIpc) is 2.38. The number of rotatable bonds is 5. The molecule has 0 spiro atoms. The molecule has 0 atom stereocenters. The quantitative estimate of drug-likeness (QED) is 0.542. The number of aromatic nitrogens is 1. The van der Waals surface area contributed by atoms with Gasteiger partial charge < -0.3 is 10.5 Å². The summed E-state index contributed by atoms with van der Waals surface area (Å²) in [4.78, 5) is 3.94. The highest BCUT2D eigenvalue weighted by molar-refractivity contribution is 5.39. The van der Waals surface area contributed by atoms with Gasteiger partial charge in [0.1, 0.15) is 5.75 Å². The minimum Gasteiger partial charge on any atom is -0.508 e. The number of pyridine rings is 1. The van der Waals surface area contributed by atoms with Crippen LogP contribution in [-0.2, 0) is 6.42 Å². The van der Waals surface area contributed by atoms with Crippen LogP contribution in [0.1, 0.15) is 5.56 Å². The second-order valence-corrected chi connectivity index (χ2v) is 3.70. The zero-order valence-electron chi connectivity index (χ0n) is 9.43. The maximum absolute atomic E-state index is 9.14. The highest BCUT2D eigenvalue weighted by Gasteiger charge is 1.93. The van der Waals surface area contributed by atoms with Crippen LogP contribution in [0, 0.1) is 0 Å². The Morgan fingerprint density at radius 2 is 1.71 bits per heavy atom. The summed E-state index contributed by atoms with van der Waals surface area (Å²) in [5, 5.41) is 9.14. The van der Waals surface area contributed by atoms with Crippen LogP contribution >= 0.6 is 0 Å². The summed E-state index contributed by atoms with van der Waals surface area (Å²) in [5.41, 5.74) is 8.39. The first-order chi connectivity index (χ1) is 8.34. The summed E-state index contributed by atoms with van der Waals surface area (Å²) in [6.45, 7) is 0.813. The van der Waals surface area contributed by atoms with Crippen LogP contribution in [0.25, 0.3) is 0 Å². The van der Waals surface area contributed by atoms with E-state index in [1.807, 2.05) is 24.3 Å². The van der Waals surface area contributed by atoms with Gasteiger partial charge in [-0.25, -0.2) is 5.43 Å². The lowest BCUT2D eigenvalue weighted by molar-refractivity contribution is 0.475. The molecule has 0 aliphatic carbocycles. The molecule has 0 saturated carbocycles. The van der Waals surface area contributed by atoms with E-state index < -0.39 is 0 Å². The van der Waals surface area contributed by atoms with Crippen LogP contribution in [0.5, 0.6) is 5.75 Å². The summed E-state index contributed by atoms with van der Waals surface area (Å²) in [6, 6.07) is 11.0. The maximum Gasteiger partial charge on any atom is 0.115 e. The zero-order chi connectivity index (χ0) is 11.9. The van der Waals surface area contributed by atoms with Gasteiger partial charge in [0.05, 0.1) is 5.69 Å². The lowest BCUT2D eigenvalue weighted by Crippen LogP contribution is -2.24. The molecule has 88 valence electrons. The van der Waals surface area contributed by atoms with E-state index in [4.69, 9.17) is 5.11 Å². The first kappa shape index (κ1) is 11.4. The summed E-state index contributed by atoms with van der Waals surface area (Å²) in [7, 11) is 0. The van der Waals surface area contributed by atoms with E-state index in [0.29, 0.717) is 5.75 Å². The van der Waals surface area contributed by atoms with Gasteiger partial charge in [0.25, 0.3) is 0 Å². The Hall–Kier alpha value is -2.07. The molecule has 0 radical (unpaired) electrons. The largest absolute Gasteiger partial charge is 0.508 e. The van der Waals surface area contributed by atoms with Crippen molar-refractivity contribution in [3.05, 3.63) is 54.4 Å². The molecule has 1 aromatic carbocycles. The Bertz CT molecular complexity index is 442. The predicted octanol–water partition coefficient (Wildman–Crippen LogP) is 1.95. The molecular formula is C13H15N3O. The lowest BCUT2D eigenvalue weighted by Gasteiger charge is -2.07. The molecular weight excluding hydrogens is 214 g/mol. The van der Waals surface area contributed by atoms with E-state index in [1.165, 1.54) is 5.56 Å². The van der Waals surface area contributed by atoms with Gasteiger partial charge >= 0.3 is 0 Å². The van der Waals surface area contributed by atoms with Crippen molar-refractivity contribution in [2.24, 2.45) is 0 Å². The number of nitrogens with one attached hydrogen (secondary N) is 2. The second kappa shape index (κ2) is 5.86. The molecule has 1 heterocycles. The molecule has 4 heteroatoms. The number of aromatic hydroxyl groups is 1. The Kier molecular flexibility index (Phi) is 3.94. The van der Waals surface area contributed by atoms with Crippen LogP contribution in [0.2, 0.25) is 0 Å². The SMILES string of the molecule is Oc1ccc(CCNNc2ccncc2)cc1. The number of phenolic OH excluding ortho intramolecular Hbond substituents is 1. The molecule has 3 N–H and O–H groups in total. The summed E-state index contributed by atoms with van der Waals surface area (Å²) in [6.07, 6.45) is 4.38. The van der Waals surface area contributed by atoms with Crippen molar-refractivity contribution in [2.45, 2.75) is 6.42 Å². The van der Waals surface area contributed by atoms with Crippen molar-refractivity contribution in [1.29, 1.82) is 0 Å². The van der Waals surface area contributed by atoms with E-state index in [-0.39, 0.29) is 0 Å². The zero-order valence-corrected chi connectivity index (χ0v) is 9.43. The van der Waals surface area contributed by atoms with Crippen LogP contribution in [0.3, 0.4) is 0 Å². The molecule has 0 fully saturated rings. The van der Waals surface area contributed by atoms with E-state index in [9.17, 15) is 0 Å². The number of hydrogen-bond acceptors (Lipinski definition) is 4. The minimum atomic E-state index is 0.302. The third-order valence-electron chi connectivity index (χ3n) is 2.39. The molecule has 17 heavy (non-hydrogen) atoms. The fraction of sp³-hybridized carbons (Fsp3) is 0.154. The van der Waals surface area contributed by atoms with Gasteiger partial charge in [-0.1, -0.05) is 12.1 Å². The number of benzene rings is 1. The highest BCUT2D eigenvalue weighted by Crippen LogP contribution is 2.09. The standard InChI is InChI=1S/C13H15N3O/c17-13-3-1-11(2-4-13)5-10-15-16-12-6-8-14-9-7-12/h1-4,6-9,15,17H,5,10H2,(H,14,16). The van der Waals surface area contributed by atoms with Gasteiger partial charge in [-0.3, -0.25) is 4.98 Å². The first-order valence-corrected chi connectivity index (χ1v) is 5.51. The summed E-state index contributed by atoms with van der Waals surface area (Å²) >= 11 is 0. The van der Waals surface area contributed by atoms with Crippen molar-refractivity contribution in [1.82, 2.24) is 10.4 Å². The molecule has 0 saturated heterocycles. The minimum absolute atomic E-state index is 0.302. The highest BCUT2D eigenvalue weighted by atomic mass is 16.3. The van der Waals surface area contributed by atoms with E-state index >= 15 is 0 Å². The second-order valence-electron chi connectivity index (χ2n) is 3.70. The molecule has 0 aliphatic rings. The van der Waals surface area contributed by atoms with Gasteiger partial charge in [0.15, 0.2) is 0 Å². The van der Waals surface area contributed by atoms with Gasteiger partial charge in [0, 0.05) is 18.9 Å². The normalized spacial score (nSPS) is 10.1. The van der Waals surface area contributed by atoms with Crippen LogP contribution in [-0.4, -0.2) is 16.6 Å². The van der Waals surface area contributed by atoms with Gasteiger partial charge in [-0.2, -0.15) is 0 Å². The van der Waals surface area contributed by atoms with Gasteiger partial charge in [-0.05, 0) is 36.2 Å². The molecule has 1 aromatic heterocycles. The number of anilines is 1. The van der Waals surface area contributed by atoms with E-state index in [1.54, 1.807) is 24.5 Å². The first-order valence-electron chi connectivity index (χ1n) is 5.51. The third-order valence-corrected chi connectivity index (χ3v) is 2.39. The predicted molar refractivity (Wildman–Crippen MR) is 67.7 cm³/mol. The topological polar surface area (TPSA) is 57.2 Å². The Balaban J connectivity index is 1.71. The Morgan fingerprint density at radius 3 is 2.41 bits per heavy atom. The molecule has 4 nitrogen and oxygen atoms in total. The number of phenols is 1. The van der Waals surface area contributed by atoms with E-state index in [2.05, 4.69) is 15.8 Å². The molecule has 2 aromatic rings. The van der Waals surface area contributed by atoms with Crippen molar-refractivity contribution in [2.75, 3.05) is 12.0 Å². The monoisotopic (exact) mass is 229 g/mol. The fourth-order valence-corrected chi connectivity index (χ4v) is 1.47. The lowest BCUT2D eigenvalue weighted by atomic mass is 10.1. The fourth-order valence-electron chi connectivity index (χ4n) is 1.47. The van der Waals surface area contributed by atoms with Crippen molar-refractivity contribution >= 4 is 5.69 Å². The molecule has 0 unspecified atom stereocenters. The van der Waals surface area contributed by atoms with Crippen LogP contribution < -0.4 is 10.9 Å². The Labute approximate surface area is 100 Å². The summed E-state index contributed by atoms with van der Waals surface area (Å²) in [5.74, 6) is 0.302. The third kappa shape index (κ3) is 3.77. The molecule has 0 amide bonds. The van der Waals surface area contributed by atoms with Gasteiger partial charge in [0.2, 0.25) is 0 Å². The molecule has 0 aliphatic heterocycles. The average molecular weight is 229 g/mol. The maximum atomic E-state index is 9.14. The number of hydrogen-bond donors (Lipinski definition) is 3. The molecule has 0 bridgehead atoms. The van der Waals surface area contributed by atoms with Gasteiger partial charge in [-0.15, -0.1) is 0 Å². The van der Waals surface area contributed by atoms with Crippen LogP contribution in [0.15, 0.2) is 48.8 Å². The summed E-state index contributed by atoms with van der Waals surface area (Å²) < 4.78 is 0. The van der Waals surface area contributed by atoms with E-state index in [0.717, 1.165) is 18.7 Å². The van der Waals surface area contributed by atoms with Crippen molar-refractivity contribution < 1.29 is 5.11 Å².